The van der Waals surface area contributed by atoms with Crippen LogP contribution in [-0.2, 0) is 25.3 Å². The summed E-state index contributed by atoms with van der Waals surface area (Å²) < 4.78 is 7.87. The fourth-order valence-corrected chi connectivity index (χ4v) is 2.52. The number of aromatic nitrogens is 2. The van der Waals surface area contributed by atoms with Gasteiger partial charge >= 0.3 is 5.69 Å². The van der Waals surface area contributed by atoms with Crippen molar-refractivity contribution >= 4 is 11.7 Å². The lowest BCUT2D eigenvalue weighted by Crippen LogP contribution is -2.41. The van der Waals surface area contributed by atoms with Crippen molar-refractivity contribution in [2.24, 2.45) is 19.1 Å². The SMILES string of the molecule is Cn1c2c(c(=O)n(C)c1=O)CC(N1CCOCC1)=N2. The molecule has 0 radical (unpaired) electrons. The topological polar surface area (TPSA) is 68.8 Å². The van der Waals surface area contributed by atoms with E-state index in [1.165, 1.54) is 11.6 Å². The van der Waals surface area contributed by atoms with E-state index in [4.69, 9.17) is 4.74 Å². The van der Waals surface area contributed by atoms with Crippen molar-refractivity contribution in [2.75, 3.05) is 26.3 Å². The van der Waals surface area contributed by atoms with Crippen LogP contribution in [0.15, 0.2) is 14.6 Å². The van der Waals surface area contributed by atoms with Gasteiger partial charge in [-0.1, -0.05) is 0 Å². The summed E-state index contributed by atoms with van der Waals surface area (Å²) in [6.45, 7) is 2.90. The van der Waals surface area contributed by atoms with Gasteiger partial charge in [0.2, 0.25) is 0 Å². The van der Waals surface area contributed by atoms with Crippen molar-refractivity contribution in [3.05, 3.63) is 26.4 Å². The maximum absolute atomic E-state index is 12.1. The summed E-state index contributed by atoms with van der Waals surface area (Å²) >= 11 is 0. The molecule has 0 aromatic carbocycles. The number of morpholine rings is 1. The highest BCUT2D eigenvalue weighted by atomic mass is 16.5. The molecule has 1 aromatic rings. The third kappa shape index (κ3) is 1.81. The van der Waals surface area contributed by atoms with E-state index in [-0.39, 0.29) is 11.2 Å². The summed E-state index contributed by atoms with van der Waals surface area (Å²) in [4.78, 5) is 30.5. The molecular weight excluding hydrogens is 248 g/mol. The van der Waals surface area contributed by atoms with E-state index in [1.54, 1.807) is 7.05 Å². The van der Waals surface area contributed by atoms with Gasteiger partial charge in [0.05, 0.1) is 18.8 Å². The molecule has 0 bridgehead atoms. The van der Waals surface area contributed by atoms with Crippen LogP contribution in [0.2, 0.25) is 0 Å². The molecule has 2 aliphatic rings. The van der Waals surface area contributed by atoms with Crippen molar-refractivity contribution in [2.45, 2.75) is 6.42 Å². The van der Waals surface area contributed by atoms with Crippen molar-refractivity contribution in [1.29, 1.82) is 0 Å². The second-order valence-electron chi connectivity index (χ2n) is 4.81. The van der Waals surface area contributed by atoms with Gasteiger partial charge in [-0.3, -0.25) is 13.9 Å². The molecule has 1 saturated heterocycles. The van der Waals surface area contributed by atoms with E-state index in [2.05, 4.69) is 9.89 Å². The number of hydrogen-bond donors (Lipinski definition) is 0. The zero-order valence-corrected chi connectivity index (χ0v) is 11.0. The molecular formula is C12H16N4O3. The quantitative estimate of drug-likeness (QED) is 0.603. The highest BCUT2D eigenvalue weighted by Gasteiger charge is 2.26. The standard InChI is InChI=1S/C12H16N4O3/c1-14-10-8(11(17)15(2)12(14)18)7-9(13-10)16-3-5-19-6-4-16/h3-7H2,1-2H3. The van der Waals surface area contributed by atoms with Crippen LogP contribution in [0.5, 0.6) is 0 Å². The summed E-state index contributed by atoms with van der Waals surface area (Å²) in [5.41, 5.74) is 0.0203. The van der Waals surface area contributed by atoms with Crippen LogP contribution in [0.3, 0.4) is 0 Å². The van der Waals surface area contributed by atoms with E-state index in [0.717, 1.165) is 23.5 Å². The molecule has 0 aliphatic carbocycles. The molecule has 7 nitrogen and oxygen atoms in total. The normalized spacial score (nSPS) is 18.4. The van der Waals surface area contributed by atoms with E-state index in [0.29, 0.717) is 31.0 Å². The van der Waals surface area contributed by atoms with E-state index in [9.17, 15) is 9.59 Å². The first-order valence-corrected chi connectivity index (χ1v) is 6.28. The Labute approximate surface area is 109 Å². The van der Waals surface area contributed by atoms with Crippen molar-refractivity contribution in [3.8, 4) is 0 Å². The first kappa shape index (κ1) is 12.2. The van der Waals surface area contributed by atoms with Gasteiger partial charge in [0.1, 0.15) is 11.7 Å². The number of rotatable bonds is 0. The Morgan fingerprint density at radius 3 is 2.47 bits per heavy atom. The average molecular weight is 264 g/mol. The van der Waals surface area contributed by atoms with Crippen molar-refractivity contribution in [3.63, 3.8) is 0 Å². The minimum Gasteiger partial charge on any atom is -0.378 e. The summed E-state index contributed by atoms with van der Waals surface area (Å²) in [6.07, 6.45) is 0.496. The molecule has 102 valence electrons. The predicted molar refractivity (Wildman–Crippen MR) is 70.1 cm³/mol. The molecule has 0 atom stereocenters. The molecule has 0 spiro atoms. The van der Waals surface area contributed by atoms with E-state index < -0.39 is 0 Å². The molecule has 0 N–H and O–H groups in total. The predicted octanol–water partition coefficient (Wildman–Crippen LogP) is -0.998. The van der Waals surface area contributed by atoms with Crippen LogP contribution in [0.1, 0.15) is 5.56 Å². The number of hydrogen-bond acceptors (Lipinski definition) is 5. The number of fused-ring (bicyclic) bond motifs is 1. The molecule has 7 heteroatoms. The molecule has 3 heterocycles. The Bertz CT molecular complexity index is 665. The molecule has 1 aromatic heterocycles. The summed E-state index contributed by atoms with van der Waals surface area (Å²) in [5, 5.41) is 0. The zero-order valence-electron chi connectivity index (χ0n) is 11.0. The second-order valence-corrected chi connectivity index (χ2v) is 4.81. The van der Waals surface area contributed by atoms with Gasteiger partial charge in [0.25, 0.3) is 5.56 Å². The molecule has 0 unspecified atom stereocenters. The minimum atomic E-state index is -0.337. The lowest BCUT2D eigenvalue weighted by molar-refractivity contribution is 0.0675. The van der Waals surface area contributed by atoms with E-state index >= 15 is 0 Å². The summed E-state index contributed by atoms with van der Waals surface area (Å²) in [7, 11) is 3.14. The molecule has 0 saturated carbocycles. The van der Waals surface area contributed by atoms with Crippen LogP contribution < -0.4 is 11.2 Å². The lowest BCUT2D eigenvalue weighted by atomic mass is 10.2. The van der Waals surface area contributed by atoms with Gasteiger partial charge < -0.3 is 9.64 Å². The lowest BCUT2D eigenvalue weighted by Gasteiger charge is -2.28. The smallest absolute Gasteiger partial charge is 0.332 e. The van der Waals surface area contributed by atoms with Crippen LogP contribution >= 0.6 is 0 Å². The first-order chi connectivity index (χ1) is 9.09. The van der Waals surface area contributed by atoms with Gasteiger partial charge in [-0.15, -0.1) is 0 Å². The van der Waals surface area contributed by atoms with Gasteiger partial charge in [-0.05, 0) is 0 Å². The highest BCUT2D eigenvalue weighted by molar-refractivity contribution is 5.91. The van der Waals surface area contributed by atoms with Crippen LogP contribution in [0.4, 0.5) is 5.82 Å². The maximum Gasteiger partial charge on any atom is 0.332 e. The van der Waals surface area contributed by atoms with Gasteiger partial charge in [0, 0.05) is 33.6 Å². The second kappa shape index (κ2) is 4.34. The number of amidine groups is 1. The number of ether oxygens (including phenoxy) is 1. The maximum atomic E-state index is 12.1. The third-order valence-corrected chi connectivity index (χ3v) is 3.67. The molecule has 0 amide bonds. The number of nitrogens with zero attached hydrogens (tertiary/aromatic N) is 4. The minimum absolute atomic E-state index is 0.245. The number of aliphatic imine (C=N–C) groups is 1. The third-order valence-electron chi connectivity index (χ3n) is 3.67. The highest BCUT2D eigenvalue weighted by Crippen LogP contribution is 2.23. The van der Waals surface area contributed by atoms with Gasteiger partial charge in [-0.2, -0.15) is 0 Å². The summed E-state index contributed by atoms with van der Waals surface area (Å²) in [6, 6.07) is 0. The first-order valence-electron chi connectivity index (χ1n) is 6.28. The fraction of sp³-hybridized carbons (Fsp3) is 0.583. The Kier molecular flexibility index (Phi) is 2.78. The molecule has 2 aliphatic heterocycles. The molecule has 1 fully saturated rings. The fourth-order valence-electron chi connectivity index (χ4n) is 2.52. The Hall–Kier alpha value is -1.89. The zero-order chi connectivity index (χ0) is 13.6. The van der Waals surface area contributed by atoms with Gasteiger partial charge in [0.15, 0.2) is 0 Å². The van der Waals surface area contributed by atoms with Crippen molar-refractivity contribution < 1.29 is 4.74 Å². The molecule has 3 rings (SSSR count). The Balaban J connectivity index is 2.04. The van der Waals surface area contributed by atoms with Crippen LogP contribution in [0.25, 0.3) is 0 Å². The Morgan fingerprint density at radius 1 is 1.11 bits per heavy atom. The van der Waals surface area contributed by atoms with Crippen LogP contribution in [0, 0.1) is 0 Å². The summed E-state index contributed by atoms with van der Waals surface area (Å²) in [5.74, 6) is 1.35. The van der Waals surface area contributed by atoms with Gasteiger partial charge in [-0.25, -0.2) is 9.79 Å². The monoisotopic (exact) mass is 264 g/mol. The van der Waals surface area contributed by atoms with Crippen molar-refractivity contribution in [1.82, 2.24) is 14.0 Å². The largest absolute Gasteiger partial charge is 0.378 e. The average Bonchev–Trinajstić information content (AvgIpc) is 2.89. The molecule has 19 heavy (non-hydrogen) atoms. The Morgan fingerprint density at radius 2 is 1.79 bits per heavy atom. The van der Waals surface area contributed by atoms with E-state index in [1.807, 2.05) is 0 Å². The van der Waals surface area contributed by atoms with Crippen LogP contribution in [-0.4, -0.2) is 46.2 Å².